The Kier molecular flexibility index (Phi) is 6.55. The average Bonchev–Trinajstić information content (AvgIpc) is 3.18. The van der Waals surface area contributed by atoms with Crippen LogP contribution in [0.5, 0.6) is 11.5 Å². The summed E-state index contributed by atoms with van der Waals surface area (Å²) < 4.78 is 38.1. The van der Waals surface area contributed by atoms with Crippen LogP contribution in [0.4, 0.5) is 5.69 Å². The minimum absolute atomic E-state index is 0.00162. The van der Waals surface area contributed by atoms with Gasteiger partial charge in [-0.25, -0.2) is 13.9 Å². The number of benzene rings is 2. The second-order valence-electron chi connectivity index (χ2n) is 6.52. The first-order chi connectivity index (χ1) is 14.3. The van der Waals surface area contributed by atoms with Crippen molar-refractivity contribution in [2.75, 3.05) is 18.7 Å². The van der Waals surface area contributed by atoms with E-state index in [0.29, 0.717) is 22.7 Å². The number of hydrogen-bond acceptors (Lipinski definition) is 7. The molecule has 11 heteroatoms. The zero-order valence-electron chi connectivity index (χ0n) is 16.1. The van der Waals surface area contributed by atoms with E-state index >= 15 is 0 Å². The zero-order chi connectivity index (χ0) is 21.7. The smallest absolute Gasteiger partial charge is 0.244 e. The lowest BCUT2D eigenvalue weighted by atomic mass is 10.2. The Morgan fingerprint density at radius 2 is 1.80 bits per heavy atom. The van der Waals surface area contributed by atoms with E-state index in [1.54, 1.807) is 18.2 Å². The molecule has 3 N–H and O–H groups in total. The van der Waals surface area contributed by atoms with Crippen LogP contribution in [0, 0.1) is 0 Å². The number of fused-ring (bicyclic) bond motifs is 1. The van der Waals surface area contributed by atoms with Crippen molar-refractivity contribution in [2.24, 2.45) is 0 Å². The molecule has 0 fully saturated rings. The summed E-state index contributed by atoms with van der Waals surface area (Å²) in [5.41, 5.74) is 2.60. The number of nitrogens with one attached hydrogen (secondary N) is 2. The number of ether oxygens (including phenoxy) is 2. The predicted molar refractivity (Wildman–Crippen MR) is 105 cm³/mol. The Balaban J connectivity index is 1.86. The van der Waals surface area contributed by atoms with Crippen LogP contribution in [0.25, 0.3) is 0 Å². The molecule has 2 aromatic carbocycles. The molecule has 160 valence electrons. The van der Waals surface area contributed by atoms with E-state index in [-0.39, 0.29) is 37.1 Å². The number of anilines is 1. The molecule has 30 heavy (non-hydrogen) atoms. The van der Waals surface area contributed by atoms with Gasteiger partial charge in [-0.15, -0.1) is 0 Å². The van der Waals surface area contributed by atoms with Gasteiger partial charge < -0.3 is 14.8 Å². The fraction of sp³-hybridized carbons (Fsp3) is 0.263. The molecular weight excluding hydrogens is 414 g/mol. The van der Waals surface area contributed by atoms with E-state index in [4.69, 9.17) is 14.7 Å². The minimum atomic E-state index is -3.98. The largest absolute Gasteiger partial charge is 0.454 e. The summed E-state index contributed by atoms with van der Waals surface area (Å²) >= 11 is 0. The number of amides is 2. The SMILES string of the molecule is CC(=O)Nc1ccc(S(=O)(=O)N(CCC(=O)NO)Cc2ccc3c(c2)OCO3)cc1. The van der Waals surface area contributed by atoms with Gasteiger partial charge in [-0.05, 0) is 42.0 Å². The third-order valence-corrected chi connectivity index (χ3v) is 6.18. The molecule has 0 saturated carbocycles. The van der Waals surface area contributed by atoms with Crippen molar-refractivity contribution in [1.82, 2.24) is 9.79 Å². The van der Waals surface area contributed by atoms with Gasteiger partial charge in [0.05, 0.1) is 4.90 Å². The van der Waals surface area contributed by atoms with Gasteiger partial charge in [-0.1, -0.05) is 6.07 Å². The zero-order valence-corrected chi connectivity index (χ0v) is 16.9. The van der Waals surface area contributed by atoms with Crippen molar-refractivity contribution in [2.45, 2.75) is 24.8 Å². The average molecular weight is 435 g/mol. The van der Waals surface area contributed by atoms with Gasteiger partial charge >= 0.3 is 0 Å². The number of carbonyl (C=O) groups excluding carboxylic acids is 2. The molecule has 3 rings (SSSR count). The maximum absolute atomic E-state index is 13.2. The van der Waals surface area contributed by atoms with Crippen LogP contribution in [0.15, 0.2) is 47.4 Å². The Morgan fingerprint density at radius 1 is 1.10 bits per heavy atom. The second-order valence-corrected chi connectivity index (χ2v) is 8.45. The van der Waals surface area contributed by atoms with E-state index < -0.39 is 15.9 Å². The topological polar surface area (TPSA) is 134 Å². The standard InChI is InChI=1S/C19H21N3O7S/c1-13(23)20-15-3-5-16(6-4-15)30(26,27)22(9-8-19(24)21-25)11-14-2-7-17-18(10-14)29-12-28-17/h2-7,10,25H,8-9,11-12H2,1H3,(H,20,23)(H,21,24). The summed E-state index contributed by atoms with van der Waals surface area (Å²) in [6, 6.07) is 10.8. The first-order valence-corrected chi connectivity index (χ1v) is 10.4. The lowest BCUT2D eigenvalue weighted by Gasteiger charge is -2.22. The summed E-state index contributed by atoms with van der Waals surface area (Å²) in [6.07, 6.45) is -0.232. The van der Waals surface area contributed by atoms with Crippen LogP contribution < -0.4 is 20.3 Å². The van der Waals surface area contributed by atoms with Crippen molar-refractivity contribution in [3.05, 3.63) is 48.0 Å². The first kappa shape index (κ1) is 21.6. The first-order valence-electron chi connectivity index (χ1n) is 8.99. The highest BCUT2D eigenvalue weighted by atomic mass is 32.2. The van der Waals surface area contributed by atoms with Gasteiger partial charge in [0.2, 0.25) is 28.6 Å². The normalized spacial score (nSPS) is 12.6. The molecule has 1 aliphatic heterocycles. The van der Waals surface area contributed by atoms with Crippen molar-refractivity contribution in [3.8, 4) is 11.5 Å². The third-order valence-electron chi connectivity index (χ3n) is 4.32. The Hall–Kier alpha value is -3.15. The maximum Gasteiger partial charge on any atom is 0.244 e. The van der Waals surface area contributed by atoms with E-state index in [1.807, 2.05) is 0 Å². The van der Waals surface area contributed by atoms with E-state index in [0.717, 1.165) is 4.31 Å². The molecule has 0 unspecified atom stereocenters. The van der Waals surface area contributed by atoms with Gasteiger partial charge in [-0.3, -0.25) is 14.8 Å². The fourth-order valence-corrected chi connectivity index (χ4v) is 4.30. The lowest BCUT2D eigenvalue weighted by Crippen LogP contribution is -2.34. The molecule has 0 atom stereocenters. The number of sulfonamides is 1. The summed E-state index contributed by atoms with van der Waals surface area (Å²) in [5, 5.41) is 11.3. The van der Waals surface area contributed by atoms with Gasteiger partial charge in [0.25, 0.3) is 0 Å². The van der Waals surface area contributed by atoms with E-state index in [9.17, 15) is 18.0 Å². The minimum Gasteiger partial charge on any atom is -0.454 e. The Bertz CT molecular complexity index is 1040. The molecule has 0 aliphatic carbocycles. The van der Waals surface area contributed by atoms with E-state index in [2.05, 4.69) is 5.32 Å². The molecule has 10 nitrogen and oxygen atoms in total. The Labute approximate surface area is 173 Å². The van der Waals surface area contributed by atoms with Gasteiger partial charge in [0.15, 0.2) is 11.5 Å². The van der Waals surface area contributed by atoms with Crippen LogP contribution in [-0.4, -0.2) is 43.1 Å². The van der Waals surface area contributed by atoms with Crippen LogP contribution >= 0.6 is 0 Å². The molecular formula is C19H21N3O7S. The fourth-order valence-electron chi connectivity index (χ4n) is 2.87. The molecule has 0 spiro atoms. The lowest BCUT2D eigenvalue weighted by molar-refractivity contribution is -0.129. The maximum atomic E-state index is 13.2. The quantitative estimate of drug-likeness (QED) is 0.422. The Morgan fingerprint density at radius 3 is 2.47 bits per heavy atom. The van der Waals surface area contributed by atoms with Crippen LogP contribution in [0.1, 0.15) is 18.9 Å². The van der Waals surface area contributed by atoms with Crippen molar-refractivity contribution in [1.29, 1.82) is 0 Å². The summed E-state index contributed by atoms with van der Waals surface area (Å²) in [5.74, 6) is 0.103. The monoisotopic (exact) mass is 435 g/mol. The van der Waals surface area contributed by atoms with Gasteiger partial charge in [0, 0.05) is 32.1 Å². The molecule has 2 amide bonds. The predicted octanol–water partition coefficient (Wildman–Crippen LogP) is 1.46. The molecule has 1 aliphatic rings. The van der Waals surface area contributed by atoms with E-state index in [1.165, 1.54) is 36.7 Å². The number of nitrogens with zero attached hydrogens (tertiary/aromatic N) is 1. The summed E-state index contributed by atoms with van der Waals surface area (Å²) in [4.78, 5) is 22.6. The number of hydrogen-bond donors (Lipinski definition) is 3. The number of rotatable bonds is 8. The van der Waals surface area contributed by atoms with Gasteiger partial charge in [-0.2, -0.15) is 4.31 Å². The third kappa shape index (κ3) is 5.06. The highest BCUT2D eigenvalue weighted by Gasteiger charge is 2.26. The van der Waals surface area contributed by atoms with Crippen LogP contribution in [0.3, 0.4) is 0 Å². The van der Waals surface area contributed by atoms with Gasteiger partial charge in [0.1, 0.15) is 0 Å². The molecule has 2 aromatic rings. The highest BCUT2D eigenvalue weighted by Crippen LogP contribution is 2.33. The van der Waals surface area contributed by atoms with Crippen molar-refractivity contribution in [3.63, 3.8) is 0 Å². The van der Waals surface area contributed by atoms with Crippen molar-refractivity contribution >= 4 is 27.5 Å². The highest BCUT2D eigenvalue weighted by molar-refractivity contribution is 7.89. The molecule has 1 heterocycles. The van der Waals surface area contributed by atoms with Crippen LogP contribution in [-0.2, 0) is 26.2 Å². The van der Waals surface area contributed by atoms with Crippen LogP contribution in [0.2, 0.25) is 0 Å². The van der Waals surface area contributed by atoms with Crippen molar-refractivity contribution < 1.29 is 32.7 Å². The summed E-state index contributed by atoms with van der Waals surface area (Å²) in [7, 11) is -3.98. The number of carbonyl (C=O) groups is 2. The molecule has 0 bridgehead atoms. The molecule has 0 radical (unpaired) electrons. The summed E-state index contributed by atoms with van der Waals surface area (Å²) in [6.45, 7) is 1.27. The molecule has 0 aromatic heterocycles. The number of hydroxylamine groups is 1. The second kappa shape index (κ2) is 9.11. The molecule has 0 saturated heterocycles.